The molecule has 0 atom stereocenters. The number of carbonyl (C=O) groups is 1. The molecule has 0 heterocycles. The molecule has 0 aliphatic rings. The average Bonchev–Trinajstić information content (AvgIpc) is 2.80. The first-order valence-corrected chi connectivity index (χ1v) is 9.70. The zero-order chi connectivity index (χ0) is 20.5. The van der Waals surface area contributed by atoms with Gasteiger partial charge in [-0.3, -0.25) is 0 Å². The molecule has 0 fully saturated rings. The van der Waals surface area contributed by atoms with Crippen molar-refractivity contribution in [3.05, 3.63) is 109 Å². The van der Waals surface area contributed by atoms with Crippen LogP contribution in [0.15, 0.2) is 103 Å². The molecule has 0 unspecified atom stereocenters. The maximum absolute atomic E-state index is 13.0. The molecule has 0 aliphatic carbocycles. The van der Waals surface area contributed by atoms with Gasteiger partial charge >= 0.3 is 29.0 Å². The van der Waals surface area contributed by atoms with Gasteiger partial charge in [-0.05, 0) is 45.3 Å². The van der Waals surface area contributed by atoms with E-state index in [0.717, 1.165) is 21.5 Å². The molecule has 5 rings (SSSR count). The molecule has 0 bridgehead atoms. The molecule has 5 aromatic rings. The summed E-state index contributed by atoms with van der Waals surface area (Å²) < 4.78 is 5.82. The van der Waals surface area contributed by atoms with Crippen LogP contribution in [-0.2, 0) is 0 Å². The fourth-order valence-electron chi connectivity index (χ4n) is 3.84. The third-order valence-electron chi connectivity index (χ3n) is 5.24. The standard InChI is InChI=1S/C27H18O3.ClH.Mg/c28-23-16-14-18-8-4-6-12-21(18)25(23)26-22-13-7-5-9-19(22)15-17-24(26)30-27(29)20-10-2-1-3-11-20;;/h1-17,28H;1H;/q;;+2/p-2. The van der Waals surface area contributed by atoms with Crippen LogP contribution in [0.25, 0.3) is 32.7 Å². The molecule has 0 spiro atoms. The molecule has 0 saturated carbocycles. The molecular formula is C27H17ClMgO3. The van der Waals surface area contributed by atoms with Gasteiger partial charge in [0.25, 0.3) is 0 Å². The van der Waals surface area contributed by atoms with Crippen molar-refractivity contribution < 1.29 is 27.0 Å². The van der Waals surface area contributed by atoms with Crippen LogP contribution in [0.4, 0.5) is 0 Å². The van der Waals surface area contributed by atoms with E-state index in [-0.39, 0.29) is 41.2 Å². The Hall–Kier alpha value is -3.05. The molecule has 5 heteroatoms. The van der Waals surface area contributed by atoms with E-state index in [1.807, 2.05) is 66.7 Å². The molecule has 0 aromatic heterocycles. The summed E-state index contributed by atoms with van der Waals surface area (Å²) in [5.74, 6) is -0.196. The van der Waals surface area contributed by atoms with E-state index < -0.39 is 5.97 Å². The molecule has 0 aliphatic heterocycles. The number of benzene rings is 5. The molecule has 32 heavy (non-hydrogen) atoms. The molecular weight excluding hydrogens is 432 g/mol. The van der Waals surface area contributed by atoms with Crippen LogP contribution in [0.5, 0.6) is 11.5 Å². The predicted molar refractivity (Wildman–Crippen MR) is 123 cm³/mol. The minimum Gasteiger partial charge on any atom is -1.00 e. The van der Waals surface area contributed by atoms with Crippen molar-refractivity contribution >= 4 is 50.6 Å². The topological polar surface area (TPSA) is 49.4 Å². The molecule has 152 valence electrons. The second kappa shape index (κ2) is 10.0. The minimum absolute atomic E-state index is 0. The zero-order valence-corrected chi connectivity index (χ0v) is 19.3. The fraction of sp³-hybridized carbons (Fsp3) is 0. The van der Waals surface area contributed by atoms with Gasteiger partial charge in [0.1, 0.15) is 5.75 Å². The normalized spacial score (nSPS) is 10.2. The van der Waals surface area contributed by atoms with Gasteiger partial charge in [0.05, 0.1) is 5.56 Å². The Morgan fingerprint density at radius 1 is 0.625 bits per heavy atom. The van der Waals surface area contributed by atoms with E-state index in [0.29, 0.717) is 22.4 Å². The summed E-state index contributed by atoms with van der Waals surface area (Å²) >= 11 is 0. The van der Waals surface area contributed by atoms with Crippen molar-refractivity contribution in [2.45, 2.75) is 0 Å². The van der Waals surface area contributed by atoms with E-state index in [1.165, 1.54) is 0 Å². The van der Waals surface area contributed by atoms with Gasteiger partial charge in [-0.15, -0.1) is 5.75 Å². The van der Waals surface area contributed by atoms with Gasteiger partial charge in [0, 0.05) is 5.56 Å². The van der Waals surface area contributed by atoms with Crippen LogP contribution in [-0.4, -0.2) is 29.0 Å². The van der Waals surface area contributed by atoms with E-state index in [4.69, 9.17) is 4.74 Å². The van der Waals surface area contributed by atoms with Crippen LogP contribution in [0.3, 0.4) is 0 Å². The first-order valence-electron chi connectivity index (χ1n) is 9.70. The van der Waals surface area contributed by atoms with Gasteiger partial charge < -0.3 is 22.3 Å². The third kappa shape index (κ3) is 4.30. The Morgan fingerprint density at radius 2 is 1.16 bits per heavy atom. The fourth-order valence-corrected chi connectivity index (χ4v) is 3.84. The maximum atomic E-state index is 13.0. The SMILES string of the molecule is O=C(Oc1ccc2ccccc2c1-c1c([O-])ccc2ccccc12)c1ccccc1.[Cl-].[Mg+2]. The number of ether oxygens (including phenoxy) is 1. The molecule has 3 nitrogen and oxygen atoms in total. The third-order valence-corrected chi connectivity index (χ3v) is 5.24. The second-order valence-corrected chi connectivity index (χ2v) is 7.08. The maximum Gasteiger partial charge on any atom is 2.00 e. The van der Waals surface area contributed by atoms with Crippen molar-refractivity contribution in [2.24, 2.45) is 0 Å². The number of esters is 1. The molecule has 0 radical (unpaired) electrons. The Bertz CT molecular complexity index is 1400. The first-order chi connectivity index (χ1) is 14.7. The van der Waals surface area contributed by atoms with E-state index in [2.05, 4.69) is 0 Å². The van der Waals surface area contributed by atoms with Gasteiger partial charge in [0.2, 0.25) is 0 Å². The van der Waals surface area contributed by atoms with E-state index in [9.17, 15) is 9.90 Å². The average molecular weight is 449 g/mol. The van der Waals surface area contributed by atoms with Crippen LogP contribution in [0.2, 0.25) is 0 Å². The van der Waals surface area contributed by atoms with Crippen molar-refractivity contribution in [1.82, 2.24) is 0 Å². The van der Waals surface area contributed by atoms with Gasteiger partial charge in [-0.2, -0.15) is 0 Å². The Labute approximate surface area is 208 Å². The van der Waals surface area contributed by atoms with Gasteiger partial charge in [-0.25, -0.2) is 4.79 Å². The number of halogens is 1. The summed E-state index contributed by atoms with van der Waals surface area (Å²) in [6.45, 7) is 0. The van der Waals surface area contributed by atoms with Crippen LogP contribution < -0.4 is 22.3 Å². The van der Waals surface area contributed by atoms with Crippen molar-refractivity contribution in [3.63, 3.8) is 0 Å². The number of hydrogen-bond acceptors (Lipinski definition) is 3. The van der Waals surface area contributed by atoms with Crippen molar-refractivity contribution in [2.75, 3.05) is 0 Å². The number of carbonyl (C=O) groups excluding carboxylic acids is 1. The van der Waals surface area contributed by atoms with Crippen LogP contribution in [0.1, 0.15) is 10.4 Å². The monoisotopic (exact) mass is 448 g/mol. The first kappa shape index (κ1) is 23.6. The van der Waals surface area contributed by atoms with Crippen LogP contribution in [0, 0.1) is 0 Å². The van der Waals surface area contributed by atoms with Crippen molar-refractivity contribution in [1.29, 1.82) is 0 Å². The summed E-state index contributed by atoms with van der Waals surface area (Å²) in [7, 11) is 0. The number of rotatable bonds is 3. The van der Waals surface area contributed by atoms with Crippen LogP contribution >= 0.6 is 0 Å². The number of fused-ring (bicyclic) bond motifs is 2. The van der Waals surface area contributed by atoms with E-state index >= 15 is 0 Å². The summed E-state index contributed by atoms with van der Waals surface area (Å²) in [6, 6.07) is 31.5. The number of hydrogen-bond donors (Lipinski definition) is 0. The van der Waals surface area contributed by atoms with Gasteiger partial charge in [0.15, 0.2) is 0 Å². The molecule has 0 N–H and O–H groups in total. The second-order valence-electron chi connectivity index (χ2n) is 7.08. The predicted octanol–water partition coefficient (Wildman–Crippen LogP) is 2.58. The van der Waals surface area contributed by atoms with Gasteiger partial charge in [-0.1, -0.05) is 84.9 Å². The molecule has 5 aromatic carbocycles. The minimum atomic E-state index is -0.459. The Kier molecular flexibility index (Phi) is 7.41. The largest absolute Gasteiger partial charge is 2.00 e. The molecule has 0 amide bonds. The smallest absolute Gasteiger partial charge is 1.00 e. The van der Waals surface area contributed by atoms with Crippen molar-refractivity contribution in [3.8, 4) is 22.6 Å². The Morgan fingerprint density at radius 3 is 1.81 bits per heavy atom. The summed E-state index contributed by atoms with van der Waals surface area (Å²) in [4.78, 5) is 12.8. The quantitative estimate of drug-likeness (QED) is 0.242. The summed E-state index contributed by atoms with van der Waals surface area (Å²) in [5, 5.41) is 16.7. The molecule has 0 saturated heterocycles. The van der Waals surface area contributed by atoms with E-state index in [1.54, 1.807) is 36.4 Å². The summed E-state index contributed by atoms with van der Waals surface area (Å²) in [5.41, 5.74) is 1.64. The summed E-state index contributed by atoms with van der Waals surface area (Å²) in [6.07, 6.45) is 0. The zero-order valence-electron chi connectivity index (χ0n) is 17.1. The Balaban J connectivity index is 0.00000144.